The van der Waals surface area contributed by atoms with E-state index in [9.17, 15) is 8.42 Å². The fourth-order valence-corrected chi connectivity index (χ4v) is 2.88. The molecule has 1 fully saturated rings. The van der Waals surface area contributed by atoms with Gasteiger partial charge < -0.3 is 0 Å². The van der Waals surface area contributed by atoms with Gasteiger partial charge in [-0.1, -0.05) is 6.42 Å². The number of halogens is 1. The van der Waals surface area contributed by atoms with Gasteiger partial charge in [0.25, 0.3) is 0 Å². The largest absolute Gasteiger partial charge is 0.213 e. The van der Waals surface area contributed by atoms with Crippen molar-refractivity contribution >= 4 is 21.6 Å². The maximum Gasteiger partial charge on any atom is 0.208 e. The lowest BCUT2D eigenvalue weighted by Gasteiger charge is -2.16. The minimum Gasteiger partial charge on any atom is -0.213 e. The van der Waals surface area contributed by atoms with Gasteiger partial charge in [-0.15, -0.1) is 11.6 Å². The van der Waals surface area contributed by atoms with E-state index in [-0.39, 0.29) is 6.04 Å². The van der Waals surface area contributed by atoms with Gasteiger partial charge in [0, 0.05) is 11.9 Å². The molecule has 0 aromatic rings. The van der Waals surface area contributed by atoms with Crippen molar-refractivity contribution in [3.8, 4) is 0 Å². The van der Waals surface area contributed by atoms with Gasteiger partial charge in [-0.05, 0) is 18.8 Å². The number of sulfonamides is 1. The second-order valence-corrected chi connectivity index (χ2v) is 5.43. The average Bonchev–Trinajstić information content (AvgIpc) is 2.31. The Morgan fingerprint density at radius 1 is 1.50 bits per heavy atom. The van der Waals surface area contributed by atoms with Gasteiger partial charge in [-0.25, -0.2) is 13.1 Å². The van der Waals surface area contributed by atoms with Crippen molar-refractivity contribution in [1.82, 2.24) is 4.72 Å². The lowest BCUT2D eigenvalue weighted by atomic mass is 10.1. The predicted molar refractivity (Wildman–Crippen MR) is 49.8 cm³/mol. The number of alkyl halides is 1. The van der Waals surface area contributed by atoms with Crippen LogP contribution in [0.2, 0.25) is 0 Å². The summed E-state index contributed by atoms with van der Waals surface area (Å²) in [5.41, 5.74) is 0. The van der Waals surface area contributed by atoms with Crippen molar-refractivity contribution in [2.75, 3.05) is 12.1 Å². The first-order valence-corrected chi connectivity index (χ1v) is 6.49. The molecule has 0 aromatic heterocycles. The highest BCUT2D eigenvalue weighted by Crippen LogP contribution is 2.26. The van der Waals surface area contributed by atoms with E-state index in [1.807, 2.05) is 0 Å². The van der Waals surface area contributed by atoms with E-state index in [2.05, 4.69) is 4.72 Å². The van der Waals surface area contributed by atoms with E-state index < -0.39 is 10.0 Å². The fraction of sp³-hybridized carbons (Fsp3) is 1.00. The summed E-state index contributed by atoms with van der Waals surface area (Å²) in [7, 11) is -3.06. The highest BCUT2D eigenvalue weighted by atomic mass is 35.5. The Morgan fingerprint density at radius 2 is 2.17 bits per heavy atom. The first-order valence-electron chi connectivity index (χ1n) is 4.06. The van der Waals surface area contributed by atoms with Gasteiger partial charge in [-0.3, -0.25) is 0 Å². The molecule has 0 heterocycles. The van der Waals surface area contributed by atoms with Crippen LogP contribution in [0, 0.1) is 5.92 Å². The summed E-state index contributed by atoms with van der Waals surface area (Å²) in [5.74, 6) is 0.870. The zero-order chi connectivity index (χ0) is 9.19. The lowest BCUT2D eigenvalue weighted by Crippen LogP contribution is -2.37. The summed E-state index contributed by atoms with van der Waals surface area (Å²) in [6.45, 7) is 0. The Bertz CT molecular complexity index is 240. The summed E-state index contributed by atoms with van der Waals surface area (Å²) >= 11 is 5.70. The number of hydrogen-bond acceptors (Lipinski definition) is 2. The molecule has 1 N–H and O–H groups in total. The van der Waals surface area contributed by atoms with E-state index in [4.69, 9.17) is 11.6 Å². The van der Waals surface area contributed by atoms with Crippen molar-refractivity contribution < 1.29 is 8.42 Å². The van der Waals surface area contributed by atoms with Gasteiger partial charge in [0.1, 0.15) is 0 Å². The van der Waals surface area contributed by atoms with Crippen LogP contribution in [0.15, 0.2) is 0 Å². The Morgan fingerprint density at radius 3 is 2.67 bits per heavy atom. The Labute approximate surface area is 78.5 Å². The molecule has 1 rings (SSSR count). The van der Waals surface area contributed by atoms with E-state index >= 15 is 0 Å². The SMILES string of the molecule is CS(=O)(=O)NC1CCCC1CCl. The Kier molecular flexibility index (Phi) is 3.37. The third kappa shape index (κ3) is 2.92. The molecule has 0 aliphatic heterocycles. The highest BCUT2D eigenvalue weighted by Gasteiger charge is 2.28. The zero-order valence-corrected chi connectivity index (χ0v) is 8.66. The molecule has 0 saturated heterocycles. The first kappa shape index (κ1) is 10.3. The van der Waals surface area contributed by atoms with Crippen LogP contribution in [0.1, 0.15) is 19.3 Å². The Hall–Kier alpha value is 0.200. The minimum absolute atomic E-state index is 0.0671. The first-order chi connectivity index (χ1) is 5.53. The molecule has 0 aromatic carbocycles. The molecule has 1 aliphatic rings. The van der Waals surface area contributed by atoms with Crippen LogP contribution >= 0.6 is 11.6 Å². The molecule has 0 amide bonds. The zero-order valence-electron chi connectivity index (χ0n) is 7.09. The van der Waals surface area contributed by atoms with Crippen molar-refractivity contribution in [3.63, 3.8) is 0 Å². The molecule has 5 heteroatoms. The van der Waals surface area contributed by atoms with Crippen LogP contribution in [-0.2, 0) is 10.0 Å². The summed E-state index contributed by atoms with van der Waals surface area (Å²) in [4.78, 5) is 0. The molecule has 0 radical (unpaired) electrons. The van der Waals surface area contributed by atoms with Crippen LogP contribution in [-0.4, -0.2) is 26.6 Å². The number of hydrogen-bond donors (Lipinski definition) is 1. The highest BCUT2D eigenvalue weighted by molar-refractivity contribution is 7.88. The smallest absolute Gasteiger partial charge is 0.208 e. The maximum atomic E-state index is 10.9. The molecule has 72 valence electrons. The fourth-order valence-electron chi connectivity index (χ4n) is 1.65. The second-order valence-electron chi connectivity index (χ2n) is 3.34. The van der Waals surface area contributed by atoms with Gasteiger partial charge in [0.05, 0.1) is 6.26 Å². The molecule has 2 atom stereocenters. The van der Waals surface area contributed by atoms with E-state index in [0.717, 1.165) is 19.3 Å². The van der Waals surface area contributed by atoms with Crippen LogP contribution in [0.25, 0.3) is 0 Å². The van der Waals surface area contributed by atoms with Gasteiger partial charge in [-0.2, -0.15) is 0 Å². The van der Waals surface area contributed by atoms with E-state index in [0.29, 0.717) is 11.8 Å². The third-order valence-corrected chi connectivity index (χ3v) is 3.35. The van der Waals surface area contributed by atoms with Crippen molar-refractivity contribution in [3.05, 3.63) is 0 Å². The van der Waals surface area contributed by atoms with Crippen molar-refractivity contribution in [2.24, 2.45) is 5.92 Å². The van der Waals surface area contributed by atoms with Gasteiger partial charge in [0.15, 0.2) is 0 Å². The van der Waals surface area contributed by atoms with E-state index in [1.165, 1.54) is 6.26 Å². The van der Waals surface area contributed by atoms with Crippen LogP contribution in [0.3, 0.4) is 0 Å². The van der Waals surface area contributed by atoms with Crippen LogP contribution in [0.5, 0.6) is 0 Å². The molecule has 3 nitrogen and oxygen atoms in total. The van der Waals surface area contributed by atoms with E-state index in [1.54, 1.807) is 0 Å². The standard InChI is InChI=1S/C7H14ClNO2S/c1-12(10,11)9-7-4-2-3-6(7)5-8/h6-7,9H,2-5H2,1H3. The molecule has 0 spiro atoms. The second kappa shape index (κ2) is 3.94. The molecule has 1 saturated carbocycles. The molecule has 0 bridgehead atoms. The quantitative estimate of drug-likeness (QED) is 0.707. The monoisotopic (exact) mass is 211 g/mol. The average molecular weight is 212 g/mol. The van der Waals surface area contributed by atoms with Crippen molar-refractivity contribution in [2.45, 2.75) is 25.3 Å². The Balaban J connectivity index is 2.52. The van der Waals surface area contributed by atoms with Crippen molar-refractivity contribution in [1.29, 1.82) is 0 Å². The van der Waals surface area contributed by atoms with Crippen LogP contribution in [0.4, 0.5) is 0 Å². The molecule has 12 heavy (non-hydrogen) atoms. The number of rotatable bonds is 3. The summed E-state index contributed by atoms with van der Waals surface area (Å²) in [6.07, 6.45) is 4.22. The normalized spacial score (nSPS) is 30.8. The lowest BCUT2D eigenvalue weighted by molar-refractivity contribution is 0.483. The maximum absolute atomic E-state index is 10.9. The molecular formula is C7H14ClNO2S. The summed E-state index contributed by atoms with van der Waals surface area (Å²) in [6, 6.07) is 0.0671. The molecule has 2 unspecified atom stereocenters. The minimum atomic E-state index is -3.06. The predicted octanol–water partition coefficient (Wildman–Crippen LogP) is 0.943. The van der Waals surface area contributed by atoms with Gasteiger partial charge >= 0.3 is 0 Å². The molecule has 1 aliphatic carbocycles. The van der Waals surface area contributed by atoms with Crippen LogP contribution < -0.4 is 4.72 Å². The number of nitrogens with one attached hydrogen (secondary N) is 1. The summed E-state index contributed by atoms with van der Waals surface area (Å²) in [5, 5.41) is 0. The third-order valence-electron chi connectivity index (χ3n) is 2.22. The topological polar surface area (TPSA) is 46.2 Å². The molecular weight excluding hydrogens is 198 g/mol. The summed E-state index contributed by atoms with van der Waals surface area (Å²) < 4.78 is 24.4. The van der Waals surface area contributed by atoms with Gasteiger partial charge in [0.2, 0.25) is 10.0 Å².